The van der Waals surface area contributed by atoms with Gasteiger partial charge in [0.1, 0.15) is 0 Å². The van der Waals surface area contributed by atoms with Crippen LogP contribution in [0, 0.1) is 0 Å². The number of aromatic nitrogens is 2. The van der Waals surface area contributed by atoms with Gasteiger partial charge in [0.2, 0.25) is 11.9 Å². The van der Waals surface area contributed by atoms with Gasteiger partial charge in [0.15, 0.2) is 0 Å². The molecule has 2 aliphatic heterocycles. The molecule has 1 aromatic heterocycles. The Morgan fingerprint density at radius 3 is 2.65 bits per heavy atom. The number of rotatable bonds is 3. The van der Waals surface area contributed by atoms with E-state index >= 15 is 0 Å². The molecule has 2 aromatic rings. The smallest absolute Gasteiger partial charge is 0.241 e. The number of piperazine rings is 2. The van der Waals surface area contributed by atoms with Crippen molar-refractivity contribution < 1.29 is 4.79 Å². The van der Waals surface area contributed by atoms with Crippen molar-refractivity contribution in [3.63, 3.8) is 0 Å². The standard InChI is InChI=1S/C19H28N6O/c1-14(2)25-8-7-20-17(13-25)18(26)23-9-11-24(12-10-23)19-21-15-5-3-4-6-16(15)22-19/h3-6,14,17,20H,7-13H2,1-2H3,(H,21,22). The maximum Gasteiger partial charge on any atom is 0.241 e. The summed E-state index contributed by atoms with van der Waals surface area (Å²) in [5.74, 6) is 1.14. The van der Waals surface area contributed by atoms with Crippen LogP contribution >= 0.6 is 0 Å². The summed E-state index contributed by atoms with van der Waals surface area (Å²) in [6.45, 7) is 10.2. The highest BCUT2D eigenvalue weighted by Gasteiger charge is 2.31. The second kappa shape index (κ2) is 7.25. The van der Waals surface area contributed by atoms with Gasteiger partial charge in [0.25, 0.3) is 0 Å². The molecule has 3 heterocycles. The molecule has 0 bridgehead atoms. The Kier molecular flexibility index (Phi) is 4.82. The number of carbonyl (C=O) groups excluding carboxylic acids is 1. The van der Waals surface area contributed by atoms with Crippen LogP contribution < -0.4 is 10.2 Å². The van der Waals surface area contributed by atoms with E-state index in [9.17, 15) is 4.79 Å². The van der Waals surface area contributed by atoms with Crippen molar-refractivity contribution in [3.8, 4) is 0 Å². The quantitative estimate of drug-likeness (QED) is 0.855. The van der Waals surface area contributed by atoms with Crippen molar-refractivity contribution in [1.29, 1.82) is 0 Å². The molecule has 1 unspecified atom stereocenters. The van der Waals surface area contributed by atoms with Gasteiger partial charge in [-0.3, -0.25) is 9.69 Å². The van der Waals surface area contributed by atoms with Crippen LogP contribution in [0.2, 0.25) is 0 Å². The molecule has 1 amide bonds. The average Bonchev–Trinajstić information content (AvgIpc) is 3.12. The normalized spacial score (nSPS) is 22.3. The summed E-state index contributed by atoms with van der Waals surface area (Å²) >= 11 is 0. The van der Waals surface area contributed by atoms with Gasteiger partial charge in [-0.05, 0) is 26.0 Å². The first-order valence-electron chi connectivity index (χ1n) is 9.58. The van der Waals surface area contributed by atoms with Crippen molar-refractivity contribution >= 4 is 22.9 Å². The van der Waals surface area contributed by atoms with E-state index in [0.29, 0.717) is 6.04 Å². The van der Waals surface area contributed by atoms with E-state index in [4.69, 9.17) is 0 Å². The van der Waals surface area contributed by atoms with Gasteiger partial charge in [-0.25, -0.2) is 4.98 Å². The topological polar surface area (TPSA) is 67.5 Å². The van der Waals surface area contributed by atoms with Gasteiger partial charge >= 0.3 is 0 Å². The Morgan fingerprint density at radius 2 is 1.92 bits per heavy atom. The third kappa shape index (κ3) is 3.41. The van der Waals surface area contributed by atoms with E-state index in [1.165, 1.54) is 0 Å². The fourth-order valence-electron chi connectivity index (χ4n) is 3.86. The van der Waals surface area contributed by atoms with E-state index in [1.807, 2.05) is 29.2 Å². The number of benzene rings is 1. The number of fused-ring (bicyclic) bond motifs is 1. The molecular weight excluding hydrogens is 328 g/mol. The molecule has 4 rings (SSSR count). The Hall–Kier alpha value is -2.12. The largest absolute Gasteiger partial charge is 0.339 e. The number of nitrogens with one attached hydrogen (secondary N) is 2. The lowest BCUT2D eigenvalue weighted by atomic mass is 10.1. The van der Waals surface area contributed by atoms with E-state index in [-0.39, 0.29) is 11.9 Å². The molecule has 0 aliphatic carbocycles. The number of hydrogen-bond donors (Lipinski definition) is 2. The lowest BCUT2D eigenvalue weighted by Gasteiger charge is -2.40. The van der Waals surface area contributed by atoms with Crippen LogP contribution in [0.3, 0.4) is 0 Å². The minimum absolute atomic E-state index is 0.0797. The number of anilines is 1. The van der Waals surface area contributed by atoms with Gasteiger partial charge in [0.05, 0.1) is 17.1 Å². The fourth-order valence-corrected chi connectivity index (χ4v) is 3.86. The molecular formula is C19H28N6O. The minimum Gasteiger partial charge on any atom is -0.339 e. The molecule has 1 atom stereocenters. The van der Waals surface area contributed by atoms with Gasteiger partial charge in [-0.2, -0.15) is 0 Å². The third-order valence-corrected chi connectivity index (χ3v) is 5.50. The molecule has 140 valence electrons. The van der Waals surface area contributed by atoms with Gasteiger partial charge in [-0.1, -0.05) is 12.1 Å². The Bertz CT molecular complexity index is 731. The van der Waals surface area contributed by atoms with Gasteiger partial charge in [-0.15, -0.1) is 0 Å². The summed E-state index contributed by atoms with van der Waals surface area (Å²) in [5, 5.41) is 3.40. The van der Waals surface area contributed by atoms with Crippen LogP contribution in [-0.4, -0.2) is 83.6 Å². The highest BCUT2D eigenvalue weighted by atomic mass is 16.2. The summed E-state index contributed by atoms with van der Waals surface area (Å²) in [6.07, 6.45) is 0. The molecule has 0 spiro atoms. The molecule has 2 aliphatic rings. The summed E-state index contributed by atoms with van der Waals surface area (Å²) < 4.78 is 0. The second-order valence-electron chi connectivity index (χ2n) is 7.49. The molecule has 2 saturated heterocycles. The highest BCUT2D eigenvalue weighted by molar-refractivity contribution is 5.82. The van der Waals surface area contributed by atoms with E-state index in [0.717, 1.165) is 62.8 Å². The maximum absolute atomic E-state index is 12.9. The van der Waals surface area contributed by atoms with E-state index in [1.54, 1.807) is 0 Å². The number of para-hydroxylation sites is 2. The number of carbonyl (C=O) groups is 1. The molecule has 2 fully saturated rings. The molecule has 26 heavy (non-hydrogen) atoms. The molecule has 1 aromatic carbocycles. The SMILES string of the molecule is CC(C)N1CCNC(C(=O)N2CCN(c3nc4ccccc4[nH]3)CC2)C1. The summed E-state index contributed by atoms with van der Waals surface area (Å²) in [7, 11) is 0. The van der Waals surface area contributed by atoms with E-state index in [2.05, 4.69) is 38.9 Å². The summed E-state index contributed by atoms with van der Waals surface area (Å²) in [4.78, 5) is 27.6. The fraction of sp³-hybridized carbons (Fsp3) is 0.579. The molecule has 7 nitrogen and oxygen atoms in total. The van der Waals surface area contributed by atoms with E-state index < -0.39 is 0 Å². The predicted octanol–water partition coefficient (Wildman–Crippen LogP) is 0.894. The monoisotopic (exact) mass is 356 g/mol. The van der Waals surface area contributed by atoms with Gasteiger partial charge < -0.3 is 20.1 Å². The average molecular weight is 356 g/mol. The Balaban J connectivity index is 1.36. The predicted molar refractivity (Wildman–Crippen MR) is 103 cm³/mol. The zero-order valence-electron chi connectivity index (χ0n) is 15.6. The van der Waals surface area contributed by atoms with Crippen LogP contribution in [0.15, 0.2) is 24.3 Å². The number of nitrogens with zero attached hydrogens (tertiary/aromatic N) is 4. The first-order chi connectivity index (χ1) is 12.6. The van der Waals surface area contributed by atoms with Crippen LogP contribution in [0.4, 0.5) is 5.95 Å². The number of aromatic amines is 1. The van der Waals surface area contributed by atoms with Crippen LogP contribution in [0.1, 0.15) is 13.8 Å². The number of H-pyrrole nitrogens is 1. The van der Waals surface area contributed by atoms with Gasteiger partial charge in [0, 0.05) is 51.9 Å². The summed E-state index contributed by atoms with van der Waals surface area (Å²) in [6, 6.07) is 8.48. The number of hydrogen-bond acceptors (Lipinski definition) is 5. The first-order valence-corrected chi connectivity index (χ1v) is 9.58. The third-order valence-electron chi connectivity index (χ3n) is 5.50. The minimum atomic E-state index is -0.0797. The molecule has 0 saturated carbocycles. The number of amides is 1. The van der Waals surface area contributed by atoms with Crippen molar-refractivity contribution in [2.45, 2.75) is 25.9 Å². The molecule has 2 N–H and O–H groups in total. The molecule has 0 radical (unpaired) electrons. The van der Waals surface area contributed by atoms with Crippen molar-refractivity contribution in [2.24, 2.45) is 0 Å². The first kappa shape index (κ1) is 17.3. The number of imidazole rings is 1. The highest BCUT2D eigenvalue weighted by Crippen LogP contribution is 2.19. The maximum atomic E-state index is 12.9. The van der Waals surface area contributed by atoms with Crippen molar-refractivity contribution in [2.75, 3.05) is 50.7 Å². The Morgan fingerprint density at radius 1 is 1.15 bits per heavy atom. The Labute approximate surface area is 154 Å². The van der Waals surface area contributed by atoms with Crippen LogP contribution in [-0.2, 0) is 4.79 Å². The lowest BCUT2D eigenvalue weighted by Crippen LogP contribution is -2.61. The van der Waals surface area contributed by atoms with Crippen LogP contribution in [0.25, 0.3) is 11.0 Å². The van der Waals surface area contributed by atoms with Crippen molar-refractivity contribution in [3.05, 3.63) is 24.3 Å². The second-order valence-corrected chi connectivity index (χ2v) is 7.49. The lowest BCUT2D eigenvalue weighted by molar-refractivity contribution is -0.135. The van der Waals surface area contributed by atoms with Crippen molar-refractivity contribution in [1.82, 2.24) is 25.1 Å². The molecule has 7 heteroatoms. The summed E-state index contributed by atoms with van der Waals surface area (Å²) in [5.41, 5.74) is 2.04. The van der Waals surface area contributed by atoms with Crippen LogP contribution in [0.5, 0.6) is 0 Å². The zero-order chi connectivity index (χ0) is 18.1. The zero-order valence-corrected chi connectivity index (χ0v) is 15.6.